The lowest BCUT2D eigenvalue weighted by atomic mass is 10.2. The molecule has 0 aliphatic carbocycles. The first-order valence-corrected chi connectivity index (χ1v) is 11.6. The van der Waals surface area contributed by atoms with Crippen molar-refractivity contribution >= 4 is 34.7 Å². The zero-order valence-electron chi connectivity index (χ0n) is 20.1. The van der Waals surface area contributed by atoms with E-state index in [2.05, 4.69) is 15.3 Å². The number of hydrogen-bond donors (Lipinski definition) is 1. The second-order valence-electron chi connectivity index (χ2n) is 8.77. The Hall–Kier alpha value is -4.28. The molecule has 188 valence electrons. The van der Waals surface area contributed by atoms with Gasteiger partial charge < -0.3 is 19.9 Å². The van der Waals surface area contributed by atoms with Gasteiger partial charge in [0.1, 0.15) is 12.1 Å². The van der Waals surface area contributed by atoms with Crippen LogP contribution in [-0.4, -0.2) is 53.6 Å². The average Bonchev–Trinajstić information content (AvgIpc) is 2.88. The van der Waals surface area contributed by atoms with E-state index in [1.165, 1.54) is 12.4 Å². The third kappa shape index (κ3) is 5.68. The molecule has 0 atom stereocenters. The maximum atomic E-state index is 14.2. The minimum absolute atomic E-state index is 0.0386. The van der Waals surface area contributed by atoms with Gasteiger partial charge >= 0.3 is 11.7 Å². The SMILES string of the molecule is CC(C)COC(=O)c1ccc(Nc2ncnc(N3CCN(c4ccccc4F)CC3)c2[N+](=O)[O-])cc1. The average molecular weight is 495 g/mol. The molecule has 4 rings (SSSR count). The molecule has 2 heterocycles. The summed E-state index contributed by atoms with van der Waals surface area (Å²) in [5.41, 5.74) is 1.16. The summed E-state index contributed by atoms with van der Waals surface area (Å²) in [5.74, 6) is -0.272. The second kappa shape index (κ2) is 11.0. The van der Waals surface area contributed by atoms with Crippen LogP contribution in [0.1, 0.15) is 24.2 Å². The third-order valence-corrected chi connectivity index (χ3v) is 5.69. The summed E-state index contributed by atoms with van der Waals surface area (Å²) >= 11 is 0. The van der Waals surface area contributed by atoms with Crippen molar-refractivity contribution in [2.75, 3.05) is 47.9 Å². The molecule has 10 nitrogen and oxygen atoms in total. The Morgan fingerprint density at radius 2 is 1.75 bits per heavy atom. The highest BCUT2D eigenvalue weighted by Gasteiger charge is 2.30. The van der Waals surface area contributed by atoms with E-state index in [4.69, 9.17) is 4.74 Å². The first-order chi connectivity index (χ1) is 17.3. The Kier molecular flexibility index (Phi) is 7.57. The summed E-state index contributed by atoms with van der Waals surface area (Å²) in [6.07, 6.45) is 1.27. The number of piperazine rings is 1. The van der Waals surface area contributed by atoms with E-state index in [1.807, 2.05) is 18.7 Å². The minimum atomic E-state index is -0.515. The maximum absolute atomic E-state index is 14.2. The molecule has 0 amide bonds. The summed E-state index contributed by atoms with van der Waals surface area (Å²) in [4.78, 5) is 35.6. The highest BCUT2D eigenvalue weighted by molar-refractivity contribution is 5.90. The quantitative estimate of drug-likeness (QED) is 0.276. The van der Waals surface area contributed by atoms with Crippen LogP contribution in [0.3, 0.4) is 0 Å². The van der Waals surface area contributed by atoms with Gasteiger partial charge in [-0.15, -0.1) is 0 Å². The normalized spacial score (nSPS) is 13.6. The van der Waals surface area contributed by atoms with Gasteiger partial charge in [0, 0.05) is 31.9 Å². The molecule has 1 fully saturated rings. The van der Waals surface area contributed by atoms with E-state index >= 15 is 0 Å². The molecule has 1 aromatic heterocycles. The molecule has 0 bridgehead atoms. The van der Waals surface area contributed by atoms with Gasteiger partial charge in [0.25, 0.3) is 0 Å². The number of carbonyl (C=O) groups is 1. The number of ether oxygens (including phenoxy) is 1. The number of anilines is 4. The Balaban J connectivity index is 1.49. The fourth-order valence-corrected chi connectivity index (χ4v) is 3.88. The Bertz CT molecular complexity index is 1230. The molecule has 11 heteroatoms. The first kappa shape index (κ1) is 24.8. The van der Waals surface area contributed by atoms with Crippen LogP contribution in [0.2, 0.25) is 0 Å². The number of nitro groups is 1. The molecule has 2 aromatic carbocycles. The van der Waals surface area contributed by atoms with Gasteiger partial charge in [-0.05, 0) is 42.3 Å². The van der Waals surface area contributed by atoms with Gasteiger partial charge in [-0.25, -0.2) is 19.2 Å². The number of benzene rings is 2. The third-order valence-electron chi connectivity index (χ3n) is 5.69. The number of para-hydroxylation sites is 1. The molecule has 0 saturated carbocycles. The van der Waals surface area contributed by atoms with Crippen molar-refractivity contribution < 1.29 is 18.8 Å². The van der Waals surface area contributed by atoms with Crippen molar-refractivity contribution in [3.8, 4) is 0 Å². The molecule has 1 aliphatic heterocycles. The lowest BCUT2D eigenvalue weighted by molar-refractivity contribution is -0.383. The number of nitrogens with one attached hydrogen (secondary N) is 1. The van der Waals surface area contributed by atoms with Crippen LogP contribution in [0.25, 0.3) is 0 Å². The molecule has 0 spiro atoms. The molecule has 0 unspecified atom stereocenters. The van der Waals surface area contributed by atoms with Crippen molar-refractivity contribution in [2.45, 2.75) is 13.8 Å². The van der Waals surface area contributed by atoms with Gasteiger partial charge in [0.15, 0.2) is 0 Å². The monoisotopic (exact) mass is 494 g/mol. The van der Waals surface area contributed by atoms with Crippen LogP contribution in [0.4, 0.5) is 33.1 Å². The summed E-state index contributed by atoms with van der Waals surface area (Å²) in [6, 6.07) is 13.0. The summed E-state index contributed by atoms with van der Waals surface area (Å²) in [7, 11) is 0. The lowest BCUT2D eigenvalue weighted by Crippen LogP contribution is -2.47. The number of rotatable bonds is 8. The van der Waals surface area contributed by atoms with Gasteiger partial charge in [-0.3, -0.25) is 10.1 Å². The molecule has 0 radical (unpaired) electrons. The molecule has 3 aromatic rings. The molecular formula is C25H27FN6O4. The van der Waals surface area contributed by atoms with Gasteiger partial charge in [0.05, 0.1) is 22.8 Å². The van der Waals surface area contributed by atoms with Gasteiger partial charge in [-0.2, -0.15) is 0 Å². The van der Waals surface area contributed by atoms with E-state index in [-0.39, 0.29) is 29.1 Å². The zero-order chi connectivity index (χ0) is 25.7. The van der Waals surface area contributed by atoms with Gasteiger partial charge in [-0.1, -0.05) is 26.0 Å². The number of aromatic nitrogens is 2. The van der Waals surface area contributed by atoms with E-state index in [1.54, 1.807) is 47.4 Å². The Morgan fingerprint density at radius 3 is 2.39 bits per heavy atom. The molecule has 1 aliphatic rings. The smallest absolute Gasteiger partial charge is 0.353 e. The zero-order valence-corrected chi connectivity index (χ0v) is 20.1. The largest absolute Gasteiger partial charge is 0.462 e. The predicted molar refractivity (Wildman–Crippen MR) is 134 cm³/mol. The van der Waals surface area contributed by atoms with Gasteiger partial charge in [0.2, 0.25) is 11.6 Å². The highest BCUT2D eigenvalue weighted by Crippen LogP contribution is 2.34. The van der Waals surface area contributed by atoms with Crippen LogP contribution >= 0.6 is 0 Å². The highest BCUT2D eigenvalue weighted by atomic mass is 19.1. The first-order valence-electron chi connectivity index (χ1n) is 11.6. The van der Waals surface area contributed by atoms with E-state index in [0.717, 1.165) is 0 Å². The lowest BCUT2D eigenvalue weighted by Gasteiger charge is -2.36. The Morgan fingerprint density at radius 1 is 1.08 bits per heavy atom. The summed E-state index contributed by atoms with van der Waals surface area (Å²) < 4.78 is 19.4. The van der Waals surface area contributed by atoms with Crippen LogP contribution in [0, 0.1) is 21.8 Å². The van der Waals surface area contributed by atoms with Crippen molar-refractivity contribution in [1.82, 2.24) is 9.97 Å². The standard InChI is InChI=1S/C25H27FN6O4/c1-17(2)15-36-25(33)18-7-9-19(10-8-18)29-23-22(32(34)35)24(28-16-27-23)31-13-11-30(12-14-31)21-6-4-3-5-20(21)26/h3-10,16-17H,11-15H2,1-2H3,(H,27,28,29). The van der Waals surface area contributed by atoms with Crippen LogP contribution in [-0.2, 0) is 4.74 Å². The fourth-order valence-electron chi connectivity index (χ4n) is 3.88. The summed E-state index contributed by atoms with van der Waals surface area (Å²) in [6.45, 7) is 6.05. The summed E-state index contributed by atoms with van der Waals surface area (Å²) in [5, 5.41) is 15.0. The number of nitrogens with zero attached hydrogens (tertiary/aromatic N) is 5. The fraction of sp³-hybridized carbons (Fsp3) is 0.320. The van der Waals surface area contributed by atoms with Crippen LogP contribution in [0.15, 0.2) is 54.9 Å². The second-order valence-corrected chi connectivity index (χ2v) is 8.77. The van der Waals surface area contributed by atoms with Crippen LogP contribution in [0.5, 0.6) is 0 Å². The molecule has 1 saturated heterocycles. The number of esters is 1. The minimum Gasteiger partial charge on any atom is -0.462 e. The Labute approximate surface area is 207 Å². The van der Waals surface area contributed by atoms with Crippen molar-refractivity contribution in [3.63, 3.8) is 0 Å². The van der Waals surface area contributed by atoms with E-state index < -0.39 is 10.9 Å². The number of halogens is 1. The molecular weight excluding hydrogens is 467 g/mol. The molecule has 36 heavy (non-hydrogen) atoms. The molecule has 1 N–H and O–H groups in total. The maximum Gasteiger partial charge on any atom is 0.353 e. The number of hydrogen-bond acceptors (Lipinski definition) is 9. The topological polar surface area (TPSA) is 114 Å². The van der Waals surface area contributed by atoms with E-state index in [9.17, 15) is 19.3 Å². The van der Waals surface area contributed by atoms with Crippen LogP contribution < -0.4 is 15.1 Å². The van der Waals surface area contributed by atoms with Crippen molar-refractivity contribution in [1.29, 1.82) is 0 Å². The van der Waals surface area contributed by atoms with Crippen molar-refractivity contribution in [2.24, 2.45) is 5.92 Å². The van der Waals surface area contributed by atoms with E-state index in [0.29, 0.717) is 49.7 Å². The predicted octanol–water partition coefficient (Wildman–Crippen LogP) is 4.41. The van der Waals surface area contributed by atoms with Crippen molar-refractivity contribution in [3.05, 3.63) is 76.4 Å². The number of carbonyl (C=O) groups excluding carboxylic acids is 1.